The normalized spacial score (nSPS) is 23.8. The zero-order valence-electron chi connectivity index (χ0n) is 11.3. The van der Waals surface area contributed by atoms with Crippen LogP contribution in [0.15, 0.2) is 0 Å². The fourth-order valence-electron chi connectivity index (χ4n) is 2.48. The topological polar surface area (TPSA) is 46.3 Å². The summed E-state index contributed by atoms with van der Waals surface area (Å²) in [5.74, 6) is 0.839. The minimum absolute atomic E-state index is 0. The Morgan fingerprint density at radius 1 is 1.41 bits per heavy atom. The van der Waals surface area contributed by atoms with Gasteiger partial charge in [0.1, 0.15) is 0 Å². The highest BCUT2D eigenvalue weighted by molar-refractivity contribution is 5.85. The summed E-state index contributed by atoms with van der Waals surface area (Å²) in [4.78, 5) is 14.3. The summed E-state index contributed by atoms with van der Waals surface area (Å²) in [5.41, 5.74) is 5.59. The lowest BCUT2D eigenvalue weighted by Crippen LogP contribution is -2.49. The van der Waals surface area contributed by atoms with Gasteiger partial charge in [0, 0.05) is 25.0 Å². The molecule has 0 radical (unpaired) electrons. The molecule has 17 heavy (non-hydrogen) atoms. The molecule has 0 aromatic heterocycles. The standard InChI is InChI=1S/C13H26N2O.ClH/c1-4-10(2)12-7-5-6-8-15(12)13(16)11(3)9-14;/h10-12H,4-9,14H2,1-3H3;1H. The molecule has 0 spiro atoms. The number of amides is 1. The van der Waals surface area contributed by atoms with Gasteiger partial charge in [-0.15, -0.1) is 12.4 Å². The largest absolute Gasteiger partial charge is 0.339 e. The molecule has 1 saturated heterocycles. The second-order valence-electron chi connectivity index (χ2n) is 5.12. The summed E-state index contributed by atoms with van der Waals surface area (Å²) in [7, 11) is 0. The van der Waals surface area contributed by atoms with Crippen LogP contribution >= 0.6 is 12.4 Å². The number of nitrogens with two attached hydrogens (primary N) is 1. The highest BCUT2D eigenvalue weighted by Crippen LogP contribution is 2.26. The van der Waals surface area contributed by atoms with Crippen LogP contribution in [-0.4, -0.2) is 29.9 Å². The highest BCUT2D eigenvalue weighted by Gasteiger charge is 2.31. The maximum Gasteiger partial charge on any atom is 0.226 e. The minimum atomic E-state index is -0.0235. The summed E-state index contributed by atoms with van der Waals surface area (Å²) in [5, 5.41) is 0. The molecule has 1 amide bonds. The lowest BCUT2D eigenvalue weighted by Gasteiger charge is -2.40. The molecule has 0 aromatic rings. The second-order valence-corrected chi connectivity index (χ2v) is 5.12. The minimum Gasteiger partial charge on any atom is -0.339 e. The molecule has 0 bridgehead atoms. The number of likely N-dealkylation sites (tertiary alicyclic amines) is 1. The van der Waals surface area contributed by atoms with Crippen LogP contribution in [-0.2, 0) is 4.79 Å². The first-order valence-corrected chi connectivity index (χ1v) is 6.62. The summed E-state index contributed by atoms with van der Waals surface area (Å²) in [6.07, 6.45) is 4.72. The van der Waals surface area contributed by atoms with Gasteiger partial charge in [-0.3, -0.25) is 4.79 Å². The molecule has 4 heteroatoms. The average molecular weight is 263 g/mol. The molecule has 1 heterocycles. The van der Waals surface area contributed by atoms with Crippen molar-refractivity contribution in [3.63, 3.8) is 0 Å². The zero-order valence-corrected chi connectivity index (χ0v) is 12.1. The summed E-state index contributed by atoms with van der Waals surface area (Å²) in [6, 6.07) is 0.445. The number of carbonyl (C=O) groups excluding carboxylic acids is 1. The average Bonchev–Trinajstić information content (AvgIpc) is 2.35. The Morgan fingerprint density at radius 3 is 2.59 bits per heavy atom. The Kier molecular flexibility index (Phi) is 7.80. The number of carbonyl (C=O) groups is 1. The molecule has 0 saturated carbocycles. The van der Waals surface area contributed by atoms with E-state index in [4.69, 9.17) is 5.73 Å². The first-order valence-electron chi connectivity index (χ1n) is 6.62. The van der Waals surface area contributed by atoms with E-state index >= 15 is 0 Å². The van der Waals surface area contributed by atoms with Crippen LogP contribution in [0.5, 0.6) is 0 Å². The van der Waals surface area contributed by atoms with Crippen molar-refractivity contribution in [2.45, 2.75) is 52.5 Å². The van der Waals surface area contributed by atoms with Gasteiger partial charge in [-0.1, -0.05) is 27.2 Å². The van der Waals surface area contributed by atoms with Crippen LogP contribution in [0.4, 0.5) is 0 Å². The summed E-state index contributed by atoms with van der Waals surface area (Å²) >= 11 is 0. The van der Waals surface area contributed by atoms with E-state index in [9.17, 15) is 4.79 Å². The van der Waals surface area contributed by atoms with Gasteiger partial charge in [-0.05, 0) is 25.2 Å². The van der Waals surface area contributed by atoms with Gasteiger partial charge in [-0.2, -0.15) is 0 Å². The third-order valence-electron chi connectivity index (χ3n) is 3.91. The molecule has 1 rings (SSSR count). The number of rotatable bonds is 4. The number of halogens is 1. The van der Waals surface area contributed by atoms with E-state index in [-0.39, 0.29) is 24.2 Å². The Labute approximate surface area is 112 Å². The van der Waals surface area contributed by atoms with E-state index in [1.165, 1.54) is 6.42 Å². The maximum absolute atomic E-state index is 12.2. The maximum atomic E-state index is 12.2. The smallest absolute Gasteiger partial charge is 0.226 e. The van der Waals surface area contributed by atoms with Crippen molar-refractivity contribution < 1.29 is 4.79 Å². The molecule has 1 aliphatic heterocycles. The molecular formula is C13H27ClN2O. The van der Waals surface area contributed by atoms with Crippen molar-refractivity contribution in [2.24, 2.45) is 17.6 Å². The monoisotopic (exact) mass is 262 g/mol. The molecule has 1 aliphatic rings. The predicted molar refractivity (Wildman–Crippen MR) is 74.3 cm³/mol. The lowest BCUT2D eigenvalue weighted by atomic mass is 9.89. The second kappa shape index (κ2) is 7.93. The van der Waals surface area contributed by atoms with Gasteiger partial charge in [0.25, 0.3) is 0 Å². The zero-order chi connectivity index (χ0) is 12.1. The van der Waals surface area contributed by atoms with Crippen LogP contribution in [0.25, 0.3) is 0 Å². The van der Waals surface area contributed by atoms with Gasteiger partial charge in [0.15, 0.2) is 0 Å². The Bertz CT molecular complexity index is 235. The van der Waals surface area contributed by atoms with Gasteiger partial charge in [0.05, 0.1) is 0 Å². The van der Waals surface area contributed by atoms with Crippen molar-refractivity contribution in [1.82, 2.24) is 4.90 Å². The van der Waals surface area contributed by atoms with E-state index in [1.54, 1.807) is 0 Å². The highest BCUT2D eigenvalue weighted by atomic mass is 35.5. The first-order chi connectivity index (χ1) is 7.61. The number of hydrogen-bond acceptors (Lipinski definition) is 2. The molecule has 3 unspecified atom stereocenters. The van der Waals surface area contributed by atoms with Crippen molar-refractivity contribution in [3.05, 3.63) is 0 Å². The Morgan fingerprint density at radius 2 is 2.06 bits per heavy atom. The van der Waals surface area contributed by atoms with Crippen molar-refractivity contribution in [2.75, 3.05) is 13.1 Å². The molecule has 2 N–H and O–H groups in total. The van der Waals surface area contributed by atoms with Gasteiger partial charge in [0.2, 0.25) is 5.91 Å². The Balaban J connectivity index is 0.00000256. The van der Waals surface area contributed by atoms with E-state index in [1.807, 2.05) is 6.92 Å². The van der Waals surface area contributed by atoms with Crippen molar-refractivity contribution in [3.8, 4) is 0 Å². The van der Waals surface area contributed by atoms with Crippen LogP contribution in [0.2, 0.25) is 0 Å². The third kappa shape index (κ3) is 4.14. The summed E-state index contributed by atoms with van der Waals surface area (Å²) in [6.45, 7) is 7.78. The molecular weight excluding hydrogens is 236 g/mol. The van der Waals surface area contributed by atoms with Gasteiger partial charge < -0.3 is 10.6 Å². The lowest BCUT2D eigenvalue weighted by molar-refractivity contribution is -0.139. The fraction of sp³-hybridized carbons (Fsp3) is 0.923. The molecule has 0 aromatic carbocycles. The SMILES string of the molecule is CCC(C)C1CCCCN1C(=O)C(C)CN.Cl. The fourth-order valence-corrected chi connectivity index (χ4v) is 2.48. The van der Waals surface area contributed by atoms with E-state index in [0.29, 0.717) is 18.5 Å². The van der Waals surface area contributed by atoms with E-state index in [2.05, 4.69) is 18.7 Å². The molecule has 3 nitrogen and oxygen atoms in total. The van der Waals surface area contributed by atoms with Gasteiger partial charge in [-0.25, -0.2) is 0 Å². The number of piperidine rings is 1. The Hall–Kier alpha value is -0.280. The molecule has 0 aliphatic carbocycles. The van der Waals surface area contributed by atoms with Gasteiger partial charge >= 0.3 is 0 Å². The molecule has 3 atom stereocenters. The quantitative estimate of drug-likeness (QED) is 0.846. The van der Waals surface area contributed by atoms with Crippen LogP contribution < -0.4 is 5.73 Å². The number of nitrogens with zero attached hydrogens (tertiary/aromatic N) is 1. The molecule has 1 fully saturated rings. The van der Waals surface area contributed by atoms with E-state index < -0.39 is 0 Å². The summed E-state index contributed by atoms with van der Waals surface area (Å²) < 4.78 is 0. The predicted octanol–water partition coefficient (Wildman–Crippen LogP) is 2.43. The molecule has 102 valence electrons. The number of hydrogen-bond donors (Lipinski definition) is 1. The van der Waals surface area contributed by atoms with E-state index in [0.717, 1.165) is 25.8 Å². The third-order valence-corrected chi connectivity index (χ3v) is 3.91. The van der Waals surface area contributed by atoms with Crippen LogP contribution in [0.3, 0.4) is 0 Å². The van der Waals surface area contributed by atoms with Crippen LogP contribution in [0.1, 0.15) is 46.5 Å². The van der Waals surface area contributed by atoms with Crippen LogP contribution in [0, 0.1) is 11.8 Å². The van der Waals surface area contributed by atoms with Crippen molar-refractivity contribution >= 4 is 18.3 Å². The first kappa shape index (κ1) is 16.7. The van der Waals surface area contributed by atoms with Crippen molar-refractivity contribution in [1.29, 1.82) is 0 Å².